The third kappa shape index (κ3) is 5.64. The van der Waals surface area contributed by atoms with Gasteiger partial charge in [0.05, 0.1) is 24.1 Å². The number of thiophene rings is 1. The molecule has 1 unspecified atom stereocenters. The number of ketones is 1. The van der Waals surface area contributed by atoms with Crippen molar-refractivity contribution in [1.29, 1.82) is 0 Å². The van der Waals surface area contributed by atoms with E-state index in [1.807, 2.05) is 43.3 Å². The maximum atomic E-state index is 12.4. The monoisotopic (exact) mass is 420 g/mol. The molecule has 2 heterocycles. The van der Waals surface area contributed by atoms with E-state index in [4.69, 9.17) is 16.3 Å². The van der Waals surface area contributed by atoms with Gasteiger partial charge in [0.15, 0.2) is 5.78 Å². The van der Waals surface area contributed by atoms with E-state index in [0.717, 1.165) is 23.5 Å². The molecule has 5 nitrogen and oxygen atoms in total. The zero-order chi connectivity index (χ0) is 19.9. The van der Waals surface area contributed by atoms with Gasteiger partial charge in [0.2, 0.25) is 5.91 Å². The van der Waals surface area contributed by atoms with Gasteiger partial charge in [0, 0.05) is 42.4 Å². The lowest BCUT2D eigenvalue weighted by atomic mass is 10.0. The molecule has 28 heavy (non-hydrogen) atoms. The number of carbonyl (C=O) groups is 2. The minimum absolute atomic E-state index is 0.0165. The molecule has 1 amide bonds. The van der Waals surface area contributed by atoms with Crippen molar-refractivity contribution in [2.24, 2.45) is 0 Å². The third-order valence-electron chi connectivity index (χ3n) is 4.84. The Kier molecular flexibility index (Phi) is 7.62. The van der Waals surface area contributed by atoms with Crippen molar-refractivity contribution in [2.75, 3.05) is 32.8 Å². The fourth-order valence-electron chi connectivity index (χ4n) is 3.30. The van der Waals surface area contributed by atoms with Crippen LogP contribution in [0, 0.1) is 6.92 Å². The smallest absolute Gasteiger partial charge is 0.220 e. The van der Waals surface area contributed by atoms with Crippen molar-refractivity contribution < 1.29 is 14.3 Å². The van der Waals surface area contributed by atoms with E-state index in [1.54, 1.807) is 0 Å². The van der Waals surface area contributed by atoms with Crippen molar-refractivity contribution in [3.8, 4) is 0 Å². The van der Waals surface area contributed by atoms with E-state index in [0.29, 0.717) is 29.7 Å². The molecule has 3 rings (SSSR count). The van der Waals surface area contributed by atoms with Gasteiger partial charge in [0.1, 0.15) is 0 Å². The zero-order valence-electron chi connectivity index (χ0n) is 15.9. The van der Waals surface area contributed by atoms with Crippen LogP contribution in [0.3, 0.4) is 0 Å². The molecule has 1 fully saturated rings. The molecule has 1 aromatic carbocycles. The molecule has 1 aliphatic rings. The molecule has 150 valence electrons. The lowest BCUT2D eigenvalue weighted by Crippen LogP contribution is -2.44. The number of rotatable bonds is 8. The summed E-state index contributed by atoms with van der Waals surface area (Å²) in [5.41, 5.74) is 0.997. The molecule has 0 saturated carbocycles. The maximum absolute atomic E-state index is 12.4. The lowest BCUT2D eigenvalue weighted by Gasteiger charge is -2.35. The standard InChI is InChI=1S/C21H25ClN2O3S/c1-15-6-8-20(28-15)19(25)7-9-21(26)23-14-18(24-10-12-27-13-11-24)16-4-2-3-5-17(16)22/h2-6,8,18H,7,9-14H2,1H3,(H,23,26). The number of nitrogens with one attached hydrogen (secondary N) is 1. The normalized spacial score (nSPS) is 15.9. The lowest BCUT2D eigenvalue weighted by molar-refractivity contribution is -0.121. The second kappa shape index (κ2) is 10.2. The number of morpholine rings is 1. The summed E-state index contributed by atoms with van der Waals surface area (Å²) < 4.78 is 5.45. The topological polar surface area (TPSA) is 58.6 Å². The van der Waals surface area contributed by atoms with Gasteiger partial charge < -0.3 is 10.1 Å². The van der Waals surface area contributed by atoms with Crippen molar-refractivity contribution in [3.05, 3.63) is 56.7 Å². The van der Waals surface area contributed by atoms with Gasteiger partial charge >= 0.3 is 0 Å². The first-order valence-corrected chi connectivity index (χ1v) is 10.7. The van der Waals surface area contributed by atoms with Crippen LogP contribution in [0.25, 0.3) is 0 Å². The fourth-order valence-corrected chi connectivity index (χ4v) is 4.40. The van der Waals surface area contributed by atoms with Gasteiger partial charge in [-0.1, -0.05) is 29.8 Å². The summed E-state index contributed by atoms with van der Waals surface area (Å²) in [7, 11) is 0. The molecule has 1 aromatic heterocycles. The first kappa shape index (κ1) is 21.0. The van der Waals surface area contributed by atoms with Crippen molar-refractivity contribution in [3.63, 3.8) is 0 Å². The van der Waals surface area contributed by atoms with Crippen molar-refractivity contribution in [2.45, 2.75) is 25.8 Å². The summed E-state index contributed by atoms with van der Waals surface area (Å²) >= 11 is 7.88. The summed E-state index contributed by atoms with van der Waals surface area (Å²) in [6.45, 7) is 5.35. The summed E-state index contributed by atoms with van der Waals surface area (Å²) in [5.74, 6) is -0.101. The Morgan fingerprint density at radius 2 is 1.93 bits per heavy atom. The van der Waals surface area contributed by atoms with Crippen LogP contribution in [0.5, 0.6) is 0 Å². The molecule has 1 N–H and O–H groups in total. The number of carbonyl (C=O) groups excluding carboxylic acids is 2. The Morgan fingerprint density at radius 3 is 2.61 bits per heavy atom. The average molecular weight is 421 g/mol. The molecule has 1 saturated heterocycles. The summed E-state index contributed by atoms with van der Waals surface area (Å²) in [6, 6.07) is 11.5. The van der Waals surface area contributed by atoms with E-state index in [9.17, 15) is 9.59 Å². The Morgan fingerprint density at radius 1 is 1.18 bits per heavy atom. The Labute approximate surface area is 174 Å². The number of nitrogens with zero attached hydrogens (tertiary/aromatic N) is 1. The Hall–Kier alpha value is -1.73. The van der Waals surface area contributed by atoms with Gasteiger partial charge in [-0.3, -0.25) is 14.5 Å². The second-order valence-corrected chi connectivity index (χ2v) is 8.52. The molecular formula is C21H25ClN2O3S. The maximum Gasteiger partial charge on any atom is 0.220 e. The Balaban J connectivity index is 1.57. The van der Waals surface area contributed by atoms with Crippen LogP contribution in [0.2, 0.25) is 5.02 Å². The number of ether oxygens (including phenoxy) is 1. The van der Waals surface area contributed by atoms with Gasteiger partial charge in [-0.2, -0.15) is 0 Å². The van der Waals surface area contributed by atoms with Gasteiger partial charge in [-0.25, -0.2) is 0 Å². The number of amides is 1. The van der Waals surface area contributed by atoms with Crippen LogP contribution in [0.15, 0.2) is 36.4 Å². The third-order valence-corrected chi connectivity index (χ3v) is 6.22. The van der Waals surface area contributed by atoms with Crippen LogP contribution in [-0.4, -0.2) is 49.4 Å². The van der Waals surface area contributed by atoms with Crippen LogP contribution >= 0.6 is 22.9 Å². The zero-order valence-corrected chi connectivity index (χ0v) is 17.5. The van der Waals surface area contributed by atoms with Gasteiger partial charge in [-0.15, -0.1) is 11.3 Å². The fraction of sp³-hybridized carbons (Fsp3) is 0.429. The number of hydrogen-bond donors (Lipinski definition) is 1. The number of halogens is 1. The van der Waals surface area contributed by atoms with Crippen LogP contribution in [0.4, 0.5) is 0 Å². The largest absolute Gasteiger partial charge is 0.379 e. The van der Waals surface area contributed by atoms with E-state index >= 15 is 0 Å². The molecule has 0 aliphatic carbocycles. The van der Waals surface area contributed by atoms with Crippen molar-refractivity contribution >= 4 is 34.6 Å². The highest BCUT2D eigenvalue weighted by Gasteiger charge is 2.25. The minimum atomic E-state index is -0.119. The van der Waals surface area contributed by atoms with E-state index in [2.05, 4.69) is 10.2 Å². The predicted molar refractivity (Wildman–Crippen MR) is 112 cm³/mol. The van der Waals surface area contributed by atoms with Crippen LogP contribution in [-0.2, 0) is 9.53 Å². The number of hydrogen-bond acceptors (Lipinski definition) is 5. The van der Waals surface area contributed by atoms with Crippen LogP contribution < -0.4 is 5.32 Å². The molecule has 0 spiro atoms. The highest BCUT2D eigenvalue weighted by molar-refractivity contribution is 7.14. The predicted octanol–water partition coefficient (Wildman–Crippen LogP) is 3.86. The summed E-state index contributed by atoms with van der Waals surface area (Å²) in [5, 5.41) is 3.68. The number of aryl methyl sites for hydroxylation is 1. The first-order chi connectivity index (χ1) is 13.5. The molecule has 7 heteroatoms. The van der Waals surface area contributed by atoms with Crippen LogP contribution in [0.1, 0.15) is 39.0 Å². The first-order valence-electron chi connectivity index (χ1n) is 9.47. The number of Topliss-reactive ketones (excluding diaryl/α,β-unsaturated/α-hetero) is 1. The highest BCUT2D eigenvalue weighted by atomic mass is 35.5. The summed E-state index contributed by atoms with van der Waals surface area (Å²) in [4.78, 5) is 28.7. The van der Waals surface area contributed by atoms with E-state index in [1.165, 1.54) is 11.3 Å². The van der Waals surface area contributed by atoms with Gasteiger partial charge in [0.25, 0.3) is 0 Å². The van der Waals surface area contributed by atoms with E-state index in [-0.39, 0.29) is 30.6 Å². The Bertz CT molecular complexity index is 817. The molecule has 2 aromatic rings. The second-order valence-electron chi connectivity index (χ2n) is 6.82. The average Bonchev–Trinajstić information content (AvgIpc) is 3.15. The quantitative estimate of drug-likeness (QED) is 0.659. The molecule has 1 aliphatic heterocycles. The highest BCUT2D eigenvalue weighted by Crippen LogP contribution is 2.27. The van der Waals surface area contributed by atoms with Crippen molar-refractivity contribution in [1.82, 2.24) is 10.2 Å². The molecule has 0 radical (unpaired) electrons. The molecule has 0 bridgehead atoms. The minimum Gasteiger partial charge on any atom is -0.379 e. The van der Waals surface area contributed by atoms with Gasteiger partial charge in [-0.05, 0) is 30.7 Å². The number of benzene rings is 1. The van der Waals surface area contributed by atoms with E-state index < -0.39 is 0 Å². The molecular weight excluding hydrogens is 396 g/mol. The summed E-state index contributed by atoms with van der Waals surface area (Å²) in [6.07, 6.45) is 0.411. The molecule has 1 atom stereocenters. The SMILES string of the molecule is Cc1ccc(C(=O)CCC(=O)NCC(c2ccccc2Cl)N2CCOCC2)s1.